The molecule has 1 aromatic carbocycles. The third-order valence-electron chi connectivity index (χ3n) is 3.98. The molecule has 1 aromatic rings. The molecule has 0 spiro atoms. The second-order valence-electron chi connectivity index (χ2n) is 5.52. The van der Waals surface area contributed by atoms with Gasteiger partial charge in [0.2, 0.25) is 0 Å². The van der Waals surface area contributed by atoms with Gasteiger partial charge in [-0.25, -0.2) is 0 Å². The van der Waals surface area contributed by atoms with Gasteiger partial charge in [0.1, 0.15) is 5.75 Å². The van der Waals surface area contributed by atoms with Crippen LogP contribution in [0.1, 0.15) is 33.1 Å². The van der Waals surface area contributed by atoms with Crippen LogP contribution in [-0.2, 0) is 0 Å². The summed E-state index contributed by atoms with van der Waals surface area (Å²) < 4.78 is 5.86. The third kappa shape index (κ3) is 3.36. The summed E-state index contributed by atoms with van der Waals surface area (Å²) >= 11 is 0. The highest BCUT2D eigenvalue weighted by molar-refractivity contribution is 5.53. The predicted octanol–water partition coefficient (Wildman–Crippen LogP) is 3.38. The first-order valence-corrected chi connectivity index (χ1v) is 6.67. The fourth-order valence-corrected chi connectivity index (χ4v) is 2.58. The summed E-state index contributed by atoms with van der Waals surface area (Å²) in [4.78, 5) is 10.3. The first kappa shape index (κ1) is 13.6. The Morgan fingerprint density at radius 3 is 2.63 bits per heavy atom. The maximum Gasteiger partial charge on any atom is 0.275 e. The SMILES string of the molecule is CC1CCC(Oc2cc(N)cc([N+](=O)[O-])c2)CC1C. The summed E-state index contributed by atoms with van der Waals surface area (Å²) in [5, 5.41) is 10.8. The summed E-state index contributed by atoms with van der Waals surface area (Å²) in [6, 6.07) is 4.44. The number of ether oxygens (including phenoxy) is 1. The van der Waals surface area contributed by atoms with Gasteiger partial charge >= 0.3 is 0 Å². The number of nitrogen functional groups attached to an aromatic ring is 1. The van der Waals surface area contributed by atoms with Gasteiger partial charge in [-0.3, -0.25) is 10.1 Å². The fourth-order valence-electron chi connectivity index (χ4n) is 2.58. The molecule has 0 heterocycles. The van der Waals surface area contributed by atoms with Crippen LogP contribution in [0.4, 0.5) is 11.4 Å². The number of nitro groups is 1. The quantitative estimate of drug-likeness (QED) is 0.515. The van der Waals surface area contributed by atoms with Crippen molar-refractivity contribution in [3.8, 4) is 5.75 Å². The van der Waals surface area contributed by atoms with E-state index in [2.05, 4.69) is 13.8 Å². The zero-order chi connectivity index (χ0) is 14.0. The summed E-state index contributed by atoms with van der Waals surface area (Å²) in [6.45, 7) is 4.48. The number of benzene rings is 1. The van der Waals surface area contributed by atoms with Gasteiger partial charge in [0.25, 0.3) is 5.69 Å². The lowest BCUT2D eigenvalue weighted by Gasteiger charge is -2.32. The summed E-state index contributed by atoms with van der Waals surface area (Å²) in [7, 11) is 0. The van der Waals surface area contributed by atoms with Gasteiger partial charge in [0, 0.05) is 17.8 Å². The first-order chi connectivity index (χ1) is 8.95. The number of anilines is 1. The van der Waals surface area contributed by atoms with Crippen LogP contribution >= 0.6 is 0 Å². The summed E-state index contributed by atoms with van der Waals surface area (Å²) in [5.41, 5.74) is 6.01. The van der Waals surface area contributed by atoms with Gasteiger partial charge in [-0.1, -0.05) is 13.8 Å². The molecule has 5 nitrogen and oxygen atoms in total. The molecular formula is C14H20N2O3. The van der Waals surface area contributed by atoms with Crippen molar-refractivity contribution < 1.29 is 9.66 Å². The number of nitrogens with zero attached hydrogens (tertiary/aromatic N) is 1. The molecule has 3 atom stereocenters. The minimum Gasteiger partial charge on any atom is -0.490 e. The standard InChI is InChI=1S/C14H20N2O3/c1-9-3-4-13(5-10(9)2)19-14-7-11(15)6-12(8-14)16(17)18/h6-10,13H,3-5,15H2,1-2H3. The molecule has 1 aliphatic rings. The number of nitrogens with two attached hydrogens (primary N) is 1. The zero-order valence-electron chi connectivity index (χ0n) is 11.3. The molecule has 0 saturated heterocycles. The molecule has 5 heteroatoms. The molecule has 2 N–H and O–H groups in total. The van der Waals surface area contributed by atoms with E-state index in [1.165, 1.54) is 12.1 Å². The van der Waals surface area contributed by atoms with E-state index in [1.807, 2.05) is 0 Å². The molecule has 1 aliphatic carbocycles. The number of hydrogen-bond acceptors (Lipinski definition) is 4. The predicted molar refractivity (Wildman–Crippen MR) is 74.1 cm³/mol. The molecule has 104 valence electrons. The summed E-state index contributed by atoms with van der Waals surface area (Å²) in [5.74, 6) is 1.84. The van der Waals surface area contributed by atoms with E-state index in [-0.39, 0.29) is 11.8 Å². The van der Waals surface area contributed by atoms with E-state index in [0.29, 0.717) is 17.4 Å². The average molecular weight is 264 g/mol. The Morgan fingerprint density at radius 1 is 1.26 bits per heavy atom. The van der Waals surface area contributed by atoms with Crippen molar-refractivity contribution in [2.24, 2.45) is 11.8 Å². The van der Waals surface area contributed by atoms with Crippen molar-refractivity contribution in [3.05, 3.63) is 28.3 Å². The summed E-state index contributed by atoms with van der Waals surface area (Å²) in [6.07, 6.45) is 3.25. The number of rotatable bonds is 3. The highest BCUT2D eigenvalue weighted by Crippen LogP contribution is 2.33. The van der Waals surface area contributed by atoms with Crippen LogP contribution in [0.2, 0.25) is 0 Å². The Labute approximate surface area is 112 Å². The molecular weight excluding hydrogens is 244 g/mol. The second-order valence-corrected chi connectivity index (χ2v) is 5.52. The maximum absolute atomic E-state index is 10.8. The Bertz CT molecular complexity index is 476. The van der Waals surface area contributed by atoms with Crippen molar-refractivity contribution in [1.29, 1.82) is 0 Å². The molecule has 0 bridgehead atoms. The Hall–Kier alpha value is -1.78. The molecule has 2 rings (SSSR count). The Morgan fingerprint density at radius 2 is 2.00 bits per heavy atom. The van der Waals surface area contributed by atoms with Crippen molar-refractivity contribution in [2.75, 3.05) is 5.73 Å². The van der Waals surface area contributed by atoms with Crippen molar-refractivity contribution in [2.45, 2.75) is 39.2 Å². The molecule has 0 radical (unpaired) electrons. The monoisotopic (exact) mass is 264 g/mol. The van der Waals surface area contributed by atoms with E-state index < -0.39 is 4.92 Å². The van der Waals surface area contributed by atoms with Gasteiger partial charge in [-0.2, -0.15) is 0 Å². The van der Waals surface area contributed by atoms with Gasteiger partial charge in [-0.05, 0) is 31.1 Å². The normalized spacial score (nSPS) is 26.9. The van der Waals surface area contributed by atoms with Gasteiger partial charge < -0.3 is 10.5 Å². The largest absolute Gasteiger partial charge is 0.490 e. The van der Waals surface area contributed by atoms with Crippen LogP contribution in [0.3, 0.4) is 0 Å². The number of non-ortho nitro benzene ring substituents is 1. The van der Waals surface area contributed by atoms with Crippen molar-refractivity contribution >= 4 is 11.4 Å². The lowest BCUT2D eigenvalue weighted by molar-refractivity contribution is -0.384. The van der Waals surface area contributed by atoms with Crippen LogP contribution in [0.5, 0.6) is 5.75 Å². The average Bonchev–Trinajstić information content (AvgIpc) is 2.33. The van der Waals surface area contributed by atoms with E-state index >= 15 is 0 Å². The topological polar surface area (TPSA) is 78.4 Å². The number of nitro benzene ring substituents is 1. The molecule has 1 saturated carbocycles. The van der Waals surface area contributed by atoms with Gasteiger partial charge in [0.05, 0.1) is 17.1 Å². The van der Waals surface area contributed by atoms with Gasteiger partial charge in [0.15, 0.2) is 0 Å². The highest BCUT2D eigenvalue weighted by atomic mass is 16.6. The van der Waals surface area contributed by atoms with Crippen LogP contribution < -0.4 is 10.5 Å². The van der Waals surface area contributed by atoms with E-state index in [1.54, 1.807) is 6.07 Å². The minimum absolute atomic E-state index is 0.0211. The lowest BCUT2D eigenvalue weighted by atomic mass is 9.80. The van der Waals surface area contributed by atoms with Crippen LogP contribution in [-0.4, -0.2) is 11.0 Å². The fraction of sp³-hybridized carbons (Fsp3) is 0.571. The lowest BCUT2D eigenvalue weighted by Crippen LogP contribution is -2.28. The Balaban J connectivity index is 2.09. The van der Waals surface area contributed by atoms with E-state index in [0.717, 1.165) is 25.2 Å². The molecule has 0 aromatic heterocycles. The van der Waals surface area contributed by atoms with E-state index in [9.17, 15) is 10.1 Å². The second kappa shape index (κ2) is 5.47. The molecule has 1 fully saturated rings. The molecule has 19 heavy (non-hydrogen) atoms. The van der Waals surface area contributed by atoms with Crippen molar-refractivity contribution in [3.63, 3.8) is 0 Å². The van der Waals surface area contributed by atoms with Crippen molar-refractivity contribution in [1.82, 2.24) is 0 Å². The highest BCUT2D eigenvalue weighted by Gasteiger charge is 2.26. The van der Waals surface area contributed by atoms with Crippen LogP contribution in [0, 0.1) is 22.0 Å². The van der Waals surface area contributed by atoms with Crippen LogP contribution in [0.15, 0.2) is 18.2 Å². The van der Waals surface area contributed by atoms with Gasteiger partial charge in [-0.15, -0.1) is 0 Å². The molecule has 0 amide bonds. The van der Waals surface area contributed by atoms with Crippen LogP contribution in [0.25, 0.3) is 0 Å². The maximum atomic E-state index is 10.8. The first-order valence-electron chi connectivity index (χ1n) is 6.67. The molecule has 0 aliphatic heterocycles. The van der Waals surface area contributed by atoms with E-state index in [4.69, 9.17) is 10.5 Å². The minimum atomic E-state index is -0.450. The Kier molecular flexibility index (Phi) is 3.93. The number of hydrogen-bond donors (Lipinski definition) is 1. The smallest absolute Gasteiger partial charge is 0.275 e. The third-order valence-corrected chi connectivity index (χ3v) is 3.98. The zero-order valence-corrected chi connectivity index (χ0v) is 11.3. The molecule has 3 unspecified atom stereocenters.